The molecule has 2 aromatic heterocycles. The Hall–Kier alpha value is -2.63. The van der Waals surface area contributed by atoms with E-state index < -0.39 is 0 Å². The van der Waals surface area contributed by atoms with Gasteiger partial charge < -0.3 is 16.0 Å². The number of aryl methyl sites for hydroxylation is 1. The molecule has 0 aliphatic carbocycles. The van der Waals surface area contributed by atoms with Crippen LogP contribution in [0.3, 0.4) is 0 Å². The van der Waals surface area contributed by atoms with Crippen LogP contribution in [0, 0.1) is 0 Å². The second-order valence-corrected chi connectivity index (χ2v) is 6.95. The number of halogens is 1. The molecule has 4 aromatic rings. The highest BCUT2D eigenvalue weighted by Gasteiger charge is 2.17. The Bertz CT molecular complexity index is 1090. The van der Waals surface area contributed by atoms with Gasteiger partial charge in [-0.1, -0.05) is 55.8 Å². The van der Waals surface area contributed by atoms with Gasteiger partial charge in [-0.15, -0.1) is 12.4 Å². The van der Waals surface area contributed by atoms with Crippen molar-refractivity contribution in [2.75, 3.05) is 5.73 Å². The predicted octanol–water partition coefficient (Wildman–Crippen LogP) is 4.44. The highest BCUT2D eigenvalue weighted by Crippen LogP contribution is 2.30. The summed E-state index contributed by atoms with van der Waals surface area (Å²) in [6.45, 7) is 3.51. The van der Waals surface area contributed by atoms with Gasteiger partial charge in [-0.3, -0.25) is 0 Å². The molecule has 0 atom stereocenters. The Morgan fingerprint density at radius 3 is 2.39 bits per heavy atom. The summed E-state index contributed by atoms with van der Waals surface area (Å²) in [6.07, 6.45) is 3.16. The summed E-state index contributed by atoms with van der Waals surface area (Å²) in [5.74, 6) is 1.57. The monoisotopic (exact) mass is 395 g/mol. The maximum absolute atomic E-state index is 6.26. The van der Waals surface area contributed by atoms with Crippen molar-refractivity contribution in [1.29, 1.82) is 0 Å². The van der Waals surface area contributed by atoms with Crippen LogP contribution in [0.5, 0.6) is 0 Å². The van der Waals surface area contributed by atoms with E-state index in [1.165, 1.54) is 5.56 Å². The zero-order valence-electron chi connectivity index (χ0n) is 16.1. The van der Waals surface area contributed by atoms with E-state index in [1.54, 1.807) is 0 Å². The molecule has 0 saturated heterocycles. The minimum atomic E-state index is 0. The van der Waals surface area contributed by atoms with Crippen molar-refractivity contribution in [1.82, 2.24) is 14.5 Å². The van der Waals surface area contributed by atoms with E-state index in [9.17, 15) is 0 Å². The minimum Gasteiger partial charge on any atom is -0.382 e. The lowest BCUT2D eigenvalue weighted by molar-refractivity contribution is 0.690. The molecule has 2 heterocycles. The molecule has 4 rings (SSSR count). The zero-order chi connectivity index (χ0) is 18.8. The number of hydrogen-bond donors (Lipinski definition) is 2. The van der Waals surface area contributed by atoms with E-state index in [0.717, 1.165) is 59.1 Å². The number of nitrogens with zero attached hydrogens (tertiary/aromatic N) is 3. The van der Waals surface area contributed by atoms with Gasteiger partial charge >= 0.3 is 0 Å². The van der Waals surface area contributed by atoms with Gasteiger partial charge in [-0.2, -0.15) is 0 Å². The number of aromatic nitrogens is 3. The fourth-order valence-corrected chi connectivity index (χ4v) is 3.56. The van der Waals surface area contributed by atoms with Gasteiger partial charge in [0.2, 0.25) is 0 Å². The summed E-state index contributed by atoms with van der Waals surface area (Å²) in [7, 11) is 0. The molecule has 0 aliphatic rings. The molecule has 5 nitrogen and oxygen atoms in total. The predicted molar refractivity (Wildman–Crippen MR) is 119 cm³/mol. The van der Waals surface area contributed by atoms with Gasteiger partial charge in [-0.25, -0.2) is 9.97 Å². The topological polar surface area (TPSA) is 82.8 Å². The molecular formula is C22H26ClN5. The maximum Gasteiger partial charge on any atom is 0.152 e. The molecule has 0 fully saturated rings. The molecule has 146 valence electrons. The van der Waals surface area contributed by atoms with Gasteiger partial charge in [0, 0.05) is 24.9 Å². The van der Waals surface area contributed by atoms with E-state index >= 15 is 0 Å². The molecule has 28 heavy (non-hydrogen) atoms. The fourth-order valence-electron chi connectivity index (χ4n) is 3.56. The van der Waals surface area contributed by atoms with Gasteiger partial charge in [-0.05, 0) is 23.6 Å². The van der Waals surface area contributed by atoms with Gasteiger partial charge in [0.25, 0.3) is 0 Å². The maximum atomic E-state index is 6.26. The first kappa shape index (κ1) is 20.1. The number of rotatable bonds is 6. The van der Waals surface area contributed by atoms with Crippen molar-refractivity contribution >= 4 is 40.2 Å². The van der Waals surface area contributed by atoms with E-state index in [0.29, 0.717) is 12.4 Å². The van der Waals surface area contributed by atoms with E-state index in [1.807, 2.05) is 18.2 Å². The van der Waals surface area contributed by atoms with Crippen LogP contribution in [0.15, 0.2) is 48.5 Å². The van der Waals surface area contributed by atoms with Crippen molar-refractivity contribution in [3.05, 3.63) is 65.5 Å². The fraction of sp³-hybridized carbons (Fsp3) is 0.273. The number of pyridine rings is 1. The summed E-state index contributed by atoms with van der Waals surface area (Å²) in [4.78, 5) is 9.44. The first-order chi connectivity index (χ1) is 13.2. The van der Waals surface area contributed by atoms with E-state index in [2.05, 4.69) is 46.8 Å². The summed E-state index contributed by atoms with van der Waals surface area (Å²) in [6, 6.07) is 16.6. The average molecular weight is 396 g/mol. The Morgan fingerprint density at radius 2 is 1.68 bits per heavy atom. The minimum absolute atomic E-state index is 0. The molecule has 0 aliphatic heterocycles. The Labute approximate surface area is 171 Å². The smallest absolute Gasteiger partial charge is 0.152 e. The molecular weight excluding hydrogens is 370 g/mol. The number of para-hydroxylation sites is 1. The van der Waals surface area contributed by atoms with Crippen LogP contribution < -0.4 is 11.5 Å². The number of benzene rings is 2. The lowest BCUT2D eigenvalue weighted by Gasteiger charge is -2.11. The SMILES string of the molecule is CCCCc1nc2c(N)nc3ccccc3c2n1Cc1ccc(CN)cc1.Cl. The normalized spacial score (nSPS) is 11.1. The average Bonchev–Trinajstić information content (AvgIpc) is 3.06. The molecule has 6 heteroatoms. The number of unbranched alkanes of at least 4 members (excludes halogenated alkanes) is 1. The number of fused-ring (bicyclic) bond motifs is 3. The Kier molecular flexibility index (Phi) is 6.17. The molecule has 2 aromatic carbocycles. The third-order valence-corrected chi connectivity index (χ3v) is 5.04. The lowest BCUT2D eigenvalue weighted by atomic mass is 10.1. The molecule has 0 saturated carbocycles. The summed E-state index contributed by atoms with van der Waals surface area (Å²) < 4.78 is 2.31. The summed E-state index contributed by atoms with van der Waals surface area (Å²) in [5, 5.41) is 1.09. The molecule has 0 radical (unpaired) electrons. The Balaban J connectivity index is 0.00000225. The van der Waals surface area contributed by atoms with Crippen LogP contribution in [0.25, 0.3) is 21.9 Å². The van der Waals surface area contributed by atoms with Crippen LogP contribution in [0.1, 0.15) is 36.7 Å². The molecule has 0 spiro atoms. The van der Waals surface area contributed by atoms with E-state index in [-0.39, 0.29) is 12.4 Å². The van der Waals surface area contributed by atoms with Crippen LogP contribution in [-0.2, 0) is 19.5 Å². The van der Waals surface area contributed by atoms with Gasteiger partial charge in [0.15, 0.2) is 5.82 Å². The zero-order valence-corrected chi connectivity index (χ0v) is 16.9. The van der Waals surface area contributed by atoms with Crippen molar-refractivity contribution < 1.29 is 0 Å². The van der Waals surface area contributed by atoms with Crippen LogP contribution in [0.2, 0.25) is 0 Å². The second kappa shape index (κ2) is 8.59. The quantitative estimate of drug-likeness (QED) is 0.505. The first-order valence-electron chi connectivity index (χ1n) is 9.52. The van der Waals surface area contributed by atoms with Crippen molar-refractivity contribution in [3.63, 3.8) is 0 Å². The van der Waals surface area contributed by atoms with Crippen LogP contribution in [-0.4, -0.2) is 14.5 Å². The van der Waals surface area contributed by atoms with Crippen molar-refractivity contribution in [2.24, 2.45) is 5.73 Å². The number of hydrogen-bond acceptors (Lipinski definition) is 4. The standard InChI is InChI=1S/C22H25N5.ClH/c1-2-3-8-19-26-20-21(17-6-4-5-7-18(17)25-22(20)24)27(19)14-16-11-9-15(13-23)10-12-16;/h4-7,9-12H,2-3,8,13-14,23H2,1H3,(H2,24,25);1H. The number of anilines is 1. The number of nitrogens with two attached hydrogens (primary N) is 2. The third-order valence-electron chi connectivity index (χ3n) is 5.04. The van der Waals surface area contributed by atoms with Gasteiger partial charge in [0.1, 0.15) is 11.3 Å². The summed E-state index contributed by atoms with van der Waals surface area (Å²) in [5.41, 5.74) is 17.1. The molecule has 0 bridgehead atoms. The first-order valence-corrected chi connectivity index (χ1v) is 9.52. The molecule has 0 amide bonds. The molecule has 0 unspecified atom stereocenters. The van der Waals surface area contributed by atoms with E-state index in [4.69, 9.17) is 16.5 Å². The van der Waals surface area contributed by atoms with Crippen LogP contribution >= 0.6 is 12.4 Å². The number of nitrogen functional groups attached to an aromatic ring is 1. The van der Waals surface area contributed by atoms with Crippen LogP contribution in [0.4, 0.5) is 5.82 Å². The highest BCUT2D eigenvalue weighted by molar-refractivity contribution is 6.06. The highest BCUT2D eigenvalue weighted by atomic mass is 35.5. The third kappa shape index (κ3) is 3.68. The van der Waals surface area contributed by atoms with Crippen molar-refractivity contribution in [2.45, 2.75) is 39.3 Å². The number of imidazole rings is 1. The van der Waals surface area contributed by atoms with Crippen molar-refractivity contribution in [3.8, 4) is 0 Å². The Morgan fingerprint density at radius 1 is 0.964 bits per heavy atom. The van der Waals surface area contributed by atoms with Gasteiger partial charge in [0.05, 0.1) is 11.0 Å². The largest absolute Gasteiger partial charge is 0.382 e. The lowest BCUT2D eigenvalue weighted by Crippen LogP contribution is -2.06. The molecule has 4 N–H and O–H groups in total. The summed E-state index contributed by atoms with van der Waals surface area (Å²) >= 11 is 0. The second-order valence-electron chi connectivity index (χ2n) is 6.95.